The van der Waals surface area contributed by atoms with E-state index in [9.17, 15) is 4.79 Å². The molecule has 1 aromatic carbocycles. The summed E-state index contributed by atoms with van der Waals surface area (Å²) in [6.07, 6.45) is 8.68. The number of methoxy groups -OCH3 is 1. The molecule has 158 valence electrons. The minimum Gasteiger partial charge on any atom is -0.383 e. The van der Waals surface area contributed by atoms with Gasteiger partial charge in [0.05, 0.1) is 30.7 Å². The van der Waals surface area contributed by atoms with Crippen molar-refractivity contribution >= 4 is 23.1 Å². The van der Waals surface area contributed by atoms with Crippen molar-refractivity contribution in [3.8, 4) is 11.3 Å². The number of nitrogens with one attached hydrogen (secondary N) is 2. The molecule has 0 spiro atoms. The van der Waals surface area contributed by atoms with Crippen molar-refractivity contribution in [2.75, 3.05) is 25.6 Å². The zero-order valence-corrected chi connectivity index (χ0v) is 17.0. The van der Waals surface area contributed by atoms with Crippen LogP contribution in [0.3, 0.4) is 0 Å². The summed E-state index contributed by atoms with van der Waals surface area (Å²) < 4.78 is 6.97. The average molecular weight is 418 g/mol. The molecule has 1 aliphatic heterocycles. The highest BCUT2D eigenvalue weighted by molar-refractivity contribution is 5.95. The second kappa shape index (κ2) is 8.15. The molecule has 31 heavy (non-hydrogen) atoms. The van der Waals surface area contributed by atoms with Gasteiger partial charge in [-0.3, -0.25) is 9.89 Å². The van der Waals surface area contributed by atoms with E-state index in [1.165, 1.54) is 6.33 Å². The third kappa shape index (κ3) is 3.61. The number of hydrogen-bond acceptors (Lipinski definition) is 7. The van der Waals surface area contributed by atoms with Crippen molar-refractivity contribution in [1.82, 2.24) is 34.7 Å². The predicted octanol–water partition coefficient (Wildman–Crippen LogP) is 2.51. The largest absolute Gasteiger partial charge is 0.383 e. The number of ether oxygens (including phenoxy) is 1. The van der Waals surface area contributed by atoms with E-state index in [0.29, 0.717) is 23.6 Å². The molecular weight excluding hydrogens is 396 g/mol. The summed E-state index contributed by atoms with van der Waals surface area (Å²) in [5.74, 6) is 0.608. The Morgan fingerprint density at radius 2 is 2.13 bits per heavy atom. The van der Waals surface area contributed by atoms with Crippen LogP contribution >= 0.6 is 0 Å². The number of aromatic nitrogens is 6. The van der Waals surface area contributed by atoms with Crippen LogP contribution in [0.15, 0.2) is 49.2 Å². The molecule has 0 saturated carbocycles. The van der Waals surface area contributed by atoms with Crippen molar-refractivity contribution < 1.29 is 9.53 Å². The second-order valence-corrected chi connectivity index (χ2v) is 7.43. The van der Waals surface area contributed by atoms with Gasteiger partial charge in [0.15, 0.2) is 11.5 Å². The third-order valence-corrected chi connectivity index (χ3v) is 5.49. The topological polar surface area (TPSA) is 113 Å². The Kier molecular flexibility index (Phi) is 5.04. The highest BCUT2D eigenvalue weighted by atomic mass is 16.5. The zero-order valence-electron chi connectivity index (χ0n) is 17.0. The van der Waals surface area contributed by atoms with Gasteiger partial charge in [0.25, 0.3) is 5.91 Å². The lowest BCUT2D eigenvalue weighted by atomic mass is 10.1. The van der Waals surface area contributed by atoms with Crippen molar-refractivity contribution in [1.29, 1.82) is 0 Å². The van der Waals surface area contributed by atoms with Gasteiger partial charge in [0, 0.05) is 36.7 Å². The Morgan fingerprint density at radius 3 is 2.90 bits per heavy atom. The van der Waals surface area contributed by atoms with Crippen molar-refractivity contribution in [2.24, 2.45) is 0 Å². The highest BCUT2D eigenvalue weighted by Gasteiger charge is 2.29. The molecule has 2 N–H and O–H groups in total. The summed E-state index contributed by atoms with van der Waals surface area (Å²) in [5.41, 5.74) is 3.71. The molecule has 4 aromatic rings. The minimum atomic E-state index is 0.0357. The monoisotopic (exact) mass is 418 g/mol. The summed E-state index contributed by atoms with van der Waals surface area (Å²) in [4.78, 5) is 23.7. The fraction of sp³-hybridized carbons (Fsp3) is 0.286. The van der Waals surface area contributed by atoms with E-state index in [4.69, 9.17) is 4.74 Å². The highest BCUT2D eigenvalue weighted by Crippen LogP contribution is 2.25. The number of hydrogen-bond donors (Lipinski definition) is 2. The summed E-state index contributed by atoms with van der Waals surface area (Å²) in [5, 5.41) is 14.3. The summed E-state index contributed by atoms with van der Waals surface area (Å²) >= 11 is 0. The molecule has 1 saturated heterocycles. The molecular formula is C21H22N8O2. The maximum absolute atomic E-state index is 12.9. The first-order valence-electron chi connectivity index (χ1n) is 10.1. The normalized spacial score (nSPS) is 16.2. The molecule has 10 nitrogen and oxygen atoms in total. The Hall–Kier alpha value is -3.79. The molecule has 1 fully saturated rings. The molecule has 0 aliphatic carbocycles. The van der Waals surface area contributed by atoms with Gasteiger partial charge < -0.3 is 15.0 Å². The van der Waals surface area contributed by atoms with Crippen LogP contribution in [0, 0.1) is 0 Å². The Morgan fingerprint density at radius 1 is 1.26 bits per heavy atom. The molecule has 3 aromatic heterocycles. The fourth-order valence-corrected chi connectivity index (χ4v) is 3.96. The second-order valence-electron chi connectivity index (χ2n) is 7.43. The van der Waals surface area contributed by atoms with Gasteiger partial charge in [-0.25, -0.2) is 14.5 Å². The quantitative estimate of drug-likeness (QED) is 0.495. The SMILES string of the molecule is COCC1CCCN1C(=O)c1ccc(Nc2ncc(-c3cn[nH]c3)n3ncnc23)cc1. The van der Waals surface area contributed by atoms with Gasteiger partial charge in [-0.15, -0.1) is 0 Å². The number of likely N-dealkylation sites (tertiary alicyclic amines) is 1. The number of H-pyrrole nitrogens is 1. The van der Waals surface area contributed by atoms with Gasteiger partial charge >= 0.3 is 0 Å². The number of nitrogens with zero attached hydrogens (tertiary/aromatic N) is 6. The summed E-state index contributed by atoms with van der Waals surface area (Å²) in [6, 6.07) is 7.54. The molecule has 4 heterocycles. The van der Waals surface area contributed by atoms with E-state index in [2.05, 4.69) is 30.6 Å². The van der Waals surface area contributed by atoms with Crippen LogP contribution in [0.4, 0.5) is 11.5 Å². The first kappa shape index (κ1) is 19.2. The number of fused-ring (bicyclic) bond motifs is 1. The molecule has 1 amide bonds. The Bertz CT molecular complexity index is 1190. The first-order chi connectivity index (χ1) is 15.2. The predicted molar refractivity (Wildman–Crippen MR) is 114 cm³/mol. The number of aromatic amines is 1. The third-order valence-electron chi connectivity index (χ3n) is 5.49. The van der Waals surface area contributed by atoms with Crippen molar-refractivity contribution in [3.05, 3.63) is 54.7 Å². The van der Waals surface area contributed by atoms with Crippen LogP contribution in [0.25, 0.3) is 16.9 Å². The Balaban J connectivity index is 1.36. The Labute approximate surface area is 178 Å². The molecule has 1 atom stereocenters. The van der Waals surface area contributed by atoms with E-state index in [0.717, 1.165) is 36.3 Å². The fourth-order valence-electron chi connectivity index (χ4n) is 3.96. The summed E-state index contributed by atoms with van der Waals surface area (Å²) in [7, 11) is 1.67. The maximum Gasteiger partial charge on any atom is 0.254 e. The van der Waals surface area contributed by atoms with Gasteiger partial charge in [-0.1, -0.05) is 0 Å². The molecule has 1 aliphatic rings. The summed E-state index contributed by atoms with van der Waals surface area (Å²) in [6.45, 7) is 1.34. The number of benzene rings is 1. The van der Waals surface area contributed by atoms with E-state index >= 15 is 0 Å². The minimum absolute atomic E-state index is 0.0357. The molecule has 0 bridgehead atoms. The van der Waals surface area contributed by atoms with Crippen molar-refractivity contribution in [3.63, 3.8) is 0 Å². The van der Waals surface area contributed by atoms with Gasteiger partial charge in [0.2, 0.25) is 0 Å². The van der Waals surface area contributed by atoms with Gasteiger partial charge in [0.1, 0.15) is 6.33 Å². The van der Waals surface area contributed by atoms with E-state index in [1.54, 1.807) is 30.2 Å². The van der Waals surface area contributed by atoms with E-state index in [-0.39, 0.29) is 11.9 Å². The van der Waals surface area contributed by atoms with Crippen LogP contribution in [-0.2, 0) is 4.74 Å². The van der Waals surface area contributed by atoms with Gasteiger partial charge in [-0.2, -0.15) is 10.2 Å². The molecule has 10 heteroatoms. The first-order valence-corrected chi connectivity index (χ1v) is 10.1. The van der Waals surface area contributed by atoms with Crippen LogP contribution in [0.2, 0.25) is 0 Å². The van der Waals surface area contributed by atoms with Crippen molar-refractivity contribution in [2.45, 2.75) is 18.9 Å². The van der Waals surface area contributed by atoms with Gasteiger partial charge in [-0.05, 0) is 37.1 Å². The zero-order chi connectivity index (χ0) is 21.2. The molecule has 0 radical (unpaired) electrons. The standard InChI is InChI=1S/C21H22N8O2/c1-31-12-17-3-2-8-28(17)21(30)14-4-6-16(7-5-14)27-19-20-23-13-26-29(20)18(11-22-19)15-9-24-25-10-15/h4-7,9-11,13,17H,2-3,8,12H2,1H3,(H,22,27)(H,24,25). The van der Waals surface area contributed by atoms with Crippen LogP contribution in [-0.4, -0.2) is 66.9 Å². The number of carbonyl (C=O) groups is 1. The average Bonchev–Trinajstić information content (AvgIpc) is 3.56. The van der Waals surface area contributed by atoms with E-state index < -0.39 is 0 Å². The number of rotatable bonds is 6. The van der Waals surface area contributed by atoms with Crippen LogP contribution < -0.4 is 5.32 Å². The lowest BCUT2D eigenvalue weighted by Gasteiger charge is -2.24. The number of amides is 1. The van der Waals surface area contributed by atoms with E-state index in [1.807, 2.05) is 29.2 Å². The lowest BCUT2D eigenvalue weighted by Crippen LogP contribution is -2.38. The lowest BCUT2D eigenvalue weighted by molar-refractivity contribution is 0.0630. The van der Waals surface area contributed by atoms with Crippen LogP contribution in [0.1, 0.15) is 23.2 Å². The maximum atomic E-state index is 12.9. The van der Waals surface area contributed by atoms with Crippen LogP contribution in [0.5, 0.6) is 0 Å². The molecule has 1 unspecified atom stereocenters. The number of carbonyl (C=O) groups excluding carboxylic acids is 1. The molecule has 5 rings (SSSR count). The number of anilines is 2. The smallest absolute Gasteiger partial charge is 0.254 e.